The number of fused-ring (bicyclic) bond motifs is 1. The molecule has 3 rings (SSSR count). The highest BCUT2D eigenvalue weighted by Crippen LogP contribution is 2.28. The van der Waals surface area contributed by atoms with Gasteiger partial charge in [0.2, 0.25) is 5.91 Å². The van der Waals surface area contributed by atoms with Crippen molar-refractivity contribution in [2.45, 2.75) is 33.2 Å². The number of amides is 4. The fourth-order valence-electron chi connectivity index (χ4n) is 3.51. The van der Waals surface area contributed by atoms with E-state index in [4.69, 9.17) is 11.6 Å². The number of carbonyl (C=O) groups excluding carboxylic acids is 4. The van der Waals surface area contributed by atoms with E-state index in [1.807, 2.05) is 6.92 Å². The van der Waals surface area contributed by atoms with Crippen molar-refractivity contribution in [1.29, 1.82) is 0 Å². The van der Waals surface area contributed by atoms with Crippen LogP contribution >= 0.6 is 11.6 Å². The van der Waals surface area contributed by atoms with Crippen LogP contribution < -0.4 is 10.6 Å². The Labute approximate surface area is 185 Å². The molecule has 0 radical (unpaired) electrons. The van der Waals surface area contributed by atoms with Gasteiger partial charge < -0.3 is 10.6 Å². The molecular weight excluding hydrogens is 418 g/mol. The van der Waals surface area contributed by atoms with Crippen LogP contribution in [0.15, 0.2) is 42.5 Å². The summed E-state index contributed by atoms with van der Waals surface area (Å²) in [6.07, 6.45) is 0.798. The first-order valence-electron chi connectivity index (χ1n) is 10.1. The molecule has 31 heavy (non-hydrogen) atoms. The standard InChI is InChI=1S/C23H24ClN3O4/c1-4-11-25-20(28)17-10-9-14(12-18(17)24)26-21(29)19(13(2)3)27-22(30)15-7-5-6-8-16(15)23(27)31/h5-10,12-13,19H,4,11H2,1-3H3,(H,25,28)(H,26,29). The first-order valence-corrected chi connectivity index (χ1v) is 10.5. The zero-order valence-corrected chi connectivity index (χ0v) is 18.3. The molecule has 0 saturated carbocycles. The maximum atomic E-state index is 13.1. The van der Waals surface area contributed by atoms with E-state index in [2.05, 4.69) is 10.6 Å². The van der Waals surface area contributed by atoms with Gasteiger partial charge in [-0.15, -0.1) is 0 Å². The highest BCUT2D eigenvalue weighted by molar-refractivity contribution is 6.34. The molecule has 0 saturated heterocycles. The van der Waals surface area contributed by atoms with Crippen LogP contribution in [0.3, 0.4) is 0 Å². The van der Waals surface area contributed by atoms with Gasteiger partial charge in [0.15, 0.2) is 0 Å². The van der Waals surface area contributed by atoms with Crippen LogP contribution in [0.25, 0.3) is 0 Å². The third-order valence-corrected chi connectivity index (χ3v) is 5.33. The summed E-state index contributed by atoms with van der Waals surface area (Å²) in [5, 5.41) is 5.65. The molecule has 1 heterocycles. The Morgan fingerprint density at radius 3 is 2.16 bits per heavy atom. The minimum absolute atomic E-state index is 0.188. The number of nitrogens with zero attached hydrogens (tertiary/aromatic N) is 1. The van der Waals surface area contributed by atoms with E-state index in [9.17, 15) is 19.2 Å². The third-order valence-electron chi connectivity index (χ3n) is 5.02. The SMILES string of the molecule is CCCNC(=O)c1ccc(NC(=O)C(C(C)C)N2C(=O)c3ccccc3C2=O)cc1Cl. The number of nitrogens with one attached hydrogen (secondary N) is 2. The topological polar surface area (TPSA) is 95.6 Å². The Hall–Kier alpha value is -3.19. The van der Waals surface area contributed by atoms with Crippen LogP contribution in [0.1, 0.15) is 58.3 Å². The average molecular weight is 442 g/mol. The molecule has 1 unspecified atom stereocenters. The Bertz CT molecular complexity index is 1020. The monoisotopic (exact) mass is 441 g/mol. The lowest BCUT2D eigenvalue weighted by molar-refractivity contribution is -0.121. The molecule has 162 valence electrons. The minimum Gasteiger partial charge on any atom is -0.352 e. The summed E-state index contributed by atoms with van der Waals surface area (Å²) in [7, 11) is 0. The van der Waals surface area contributed by atoms with Gasteiger partial charge in [-0.3, -0.25) is 24.1 Å². The van der Waals surface area contributed by atoms with Crippen molar-refractivity contribution < 1.29 is 19.2 Å². The molecule has 0 bridgehead atoms. The van der Waals surface area contributed by atoms with Crippen molar-refractivity contribution in [1.82, 2.24) is 10.2 Å². The van der Waals surface area contributed by atoms with Crippen molar-refractivity contribution >= 4 is 40.9 Å². The Kier molecular flexibility index (Phi) is 6.75. The largest absolute Gasteiger partial charge is 0.352 e. The molecule has 1 aliphatic heterocycles. The summed E-state index contributed by atoms with van der Waals surface area (Å²) in [5.74, 6) is -2.11. The van der Waals surface area contributed by atoms with E-state index < -0.39 is 23.8 Å². The molecule has 0 aromatic heterocycles. The van der Waals surface area contributed by atoms with Crippen LogP contribution in [-0.2, 0) is 4.79 Å². The summed E-state index contributed by atoms with van der Waals surface area (Å²) in [5.41, 5.74) is 1.24. The van der Waals surface area contributed by atoms with Crippen LogP contribution in [0.2, 0.25) is 5.02 Å². The lowest BCUT2D eigenvalue weighted by Gasteiger charge is -2.28. The van der Waals surface area contributed by atoms with Crippen LogP contribution in [0, 0.1) is 5.92 Å². The number of rotatable bonds is 7. The Morgan fingerprint density at radius 2 is 1.65 bits per heavy atom. The normalized spacial score (nSPS) is 13.9. The smallest absolute Gasteiger partial charge is 0.262 e. The van der Waals surface area contributed by atoms with Gasteiger partial charge in [-0.1, -0.05) is 44.5 Å². The Morgan fingerprint density at radius 1 is 1.03 bits per heavy atom. The molecule has 0 spiro atoms. The summed E-state index contributed by atoms with van der Waals surface area (Å²) in [4.78, 5) is 51.9. The van der Waals surface area contributed by atoms with Gasteiger partial charge in [0.25, 0.3) is 17.7 Å². The molecule has 2 aromatic carbocycles. The summed E-state index contributed by atoms with van der Waals surface area (Å²) < 4.78 is 0. The number of halogens is 1. The zero-order valence-electron chi connectivity index (χ0n) is 17.6. The van der Waals surface area contributed by atoms with E-state index in [0.717, 1.165) is 11.3 Å². The predicted octanol–water partition coefficient (Wildman–Crippen LogP) is 3.74. The highest BCUT2D eigenvalue weighted by Gasteiger charge is 2.43. The van der Waals surface area contributed by atoms with Crippen LogP contribution in [-0.4, -0.2) is 41.1 Å². The second-order valence-corrected chi connectivity index (χ2v) is 8.06. The maximum absolute atomic E-state index is 13.1. The van der Waals surface area contributed by atoms with Crippen molar-refractivity contribution in [3.05, 3.63) is 64.2 Å². The third kappa shape index (κ3) is 4.46. The fraction of sp³-hybridized carbons (Fsp3) is 0.304. The van der Waals surface area contributed by atoms with Crippen LogP contribution in [0.5, 0.6) is 0 Å². The maximum Gasteiger partial charge on any atom is 0.262 e. The van der Waals surface area contributed by atoms with Crippen molar-refractivity contribution in [2.75, 3.05) is 11.9 Å². The molecular formula is C23H24ClN3O4. The fourth-order valence-corrected chi connectivity index (χ4v) is 3.77. The van der Waals surface area contributed by atoms with E-state index in [1.54, 1.807) is 44.2 Å². The van der Waals surface area contributed by atoms with Gasteiger partial charge in [-0.2, -0.15) is 0 Å². The van der Waals surface area contributed by atoms with Gasteiger partial charge >= 0.3 is 0 Å². The number of anilines is 1. The lowest BCUT2D eigenvalue weighted by atomic mass is 10.0. The summed E-state index contributed by atoms with van der Waals surface area (Å²) in [6.45, 7) is 6.01. The summed E-state index contributed by atoms with van der Waals surface area (Å²) in [6, 6.07) is 10.1. The first-order chi connectivity index (χ1) is 14.8. The molecule has 7 nitrogen and oxygen atoms in total. The van der Waals surface area contributed by atoms with Gasteiger partial charge in [0.1, 0.15) is 6.04 Å². The van der Waals surface area contributed by atoms with Gasteiger partial charge in [0, 0.05) is 12.2 Å². The van der Waals surface area contributed by atoms with Gasteiger partial charge in [0.05, 0.1) is 21.7 Å². The average Bonchev–Trinajstić information content (AvgIpc) is 2.97. The lowest BCUT2D eigenvalue weighted by Crippen LogP contribution is -2.50. The highest BCUT2D eigenvalue weighted by atomic mass is 35.5. The van der Waals surface area contributed by atoms with Crippen molar-refractivity contribution in [2.24, 2.45) is 5.92 Å². The van der Waals surface area contributed by atoms with Gasteiger partial charge in [-0.05, 0) is 42.7 Å². The zero-order chi connectivity index (χ0) is 22.7. The number of hydrogen-bond acceptors (Lipinski definition) is 4. The van der Waals surface area contributed by atoms with Crippen LogP contribution in [0.4, 0.5) is 5.69 Å². The van der Waals surface area contributed by atoms with E-state index in [1.165, 1.54) is 12.1 Å². The molecule has 0 fully saturated rings. The minimum atomic E-state index is -1.00. The second kappa shape index (κ2) is 9.31. The van der Waals surface area contributed by atoms with Crippen molar-refractivity contribution in [3.8, 4) is 0 Å². The number of hydrogen-bond donors (Lipinski definition) is 2. The van der Waals surface area contributed by atoms with E-state index in [0.29, 0.717) is 17.8 Å². The van der Waals surface area contributed by atoms with E-state index in [-0.39, 0.29) is 28.0 Å². The Balaban J connectivity index is 1.81. The van der Waals surface area contributed by atoms with Gasteiger partial charge in [-0.25, -0.2) is 0 Å². The summed E-state index contributed by atoms with van der Waals surface area (Å²) >= 11 is 6.23. The van der Waals surface area contributed by atoms with Crippen molar-refractivity contribution in [3.63, 3.8) is 0 Å². The molecule has 2 aromatic rings. The number of imide groups is 1. The van der Waals surface area contributed by atoms with E-state index >= 15 is 0 Å². The number of carbonyl (C=O) groups is 4. The first kappa shape index (κ1) is 22.5. The quantitative estimate of drug-likeness (QED) is 0.640. The molecule has 0 aliphatic carbocycles. The molecule has 2 N–H and O–H groups in total. The molecule has 4 amide bonds. The molecule has 1 aliphatic rings. The molecule has 8 heteroatoms. The predicted molar refractivity (Wildman–Crippen MR) is 118 cm³/mol. The second-order valence-electron chi connectivity index (χ2n) is 7.65. The number of benzene rings is 2. The molecule has 1 atom stereocenters.